The Morgan fingerprint density at radius 3 is 2.61 bits per heavy atom. The second-order valence-electron chi connectivity index (χ2n) is 8.19. The van der Waals surface area contributed by atoms with Crippen LogP contribution in [-0.4, -0.2) is 22.2 Å². The lowest BCUT2D eigenvalue weighted by Gasteiger charge is -2.39. The Kier molecular flexibility index (Phi) is 4.26. The molecule has 1 aromatic heterocycles. The highest BCUT2D eigenvalue weighted by Gasteiger charge is 2.65. The van der Waals surface area contributed by atoms with E-state index < -0.39 is 29.2 Å². The number of carbonyl (C=O) groups excluding carboxylic acids is 1. The number of carbonyl (C=O) groups is 1. The number of ether oxygens (including phenoxy) is 1. The average Bonchev–Trinajstić information content (AvgIpc) is 3.00. The summed E-state index contributed by atoms with van der Waals surface area (Å²) in [4.78, 5) is 11.8. The number of nitrogens with zero attached hydrogens (tertiary/aromatic N) is 2. The van der Waals surface area contributed by atoms with Crippen LogP contribution >= 0.6 is 0 Å². The molecule has 1 fully saturated rings. The molecular weight excluding hydrogens is 364 g/mol. The molecule has 2 aliphatic carbocycles. The molecule has 4 rings (SSSR count). The van der Waals surface area contributed by atoms with Gasteiger partial charge in [0.05, 0.1) is 17.0 Å². The van der Waals surface area contributed by atoms with Crippen molar-refractivity contribution in [3.63, 3.8) is 0 Å². The lowest BCUT2D eigenvalue weighted by molar-refractivity contribution is -0.165. The highest BCUT2D eigenvalue weighted by Crippen LogP contribution is 2.68. The van der Waals surface area contributed by atoms with Crippen LogP contribution in [-0.2, 0) is 15.1 Å². The Hall–Kier alpha value is -2.41. The zero-order chi connectivity index (χ0) is 20.3. The van der Waals surface area contributed by atoms with Crippen molar-refractivity contribution in [2.45, 2.75) is 57.7 Å². The molecule has 1 amide bonds. The summed E-state index contributed by atoms with van der Waals surface area (Å²) in [5.74, 6) is -1.77. The Morgan fingerprint density at radius 2 is 2.00 bits per heavy atom. The Labute approximate surface area is 162 Å². The molecule has 1 aromatic carbocycles. The summed E-state index contributed by atoms with van der Waals surface area (Å²) in [6.07, 6.45) is 1.26. The summed E-state index contributed by atoms with van der Waals surface area (Å²) in [7, 11) is 0. The Morgan fingerprint density at radius 1 is 1.32 bits per heavy atom. The van der Waals surface area contributed by atoms with Crippen LogP contribution in [0, 0.1) is 17.0 Å². The van der Waals surface area contributed by atoms with Crippen molar-refractivity contribution in [1.29, 1.82) is 0 Å². The first kappa shape index (κ1) is 18.9. The van der Waals surface area contributed by atoms with E-state index in [-0.39, 0.29) is 22.6 Å². The Bertz CT molecular complexity index is 942. The number of hydrogen-bond donors (Lipinski definition) is 1. The van der Waals surface area contributed by atoms with Gasteiger partial charge in [-0.3, -0.25) is 4.79 Å². The van der Waals surface area contributed by atoms with Crippen molar-refractivity contribution in [2.24, 2.45) is 11.1 Å². The third-order valence-corrected chi connectivity index (χ3v) is 6.53. The second kappa shape index (κ2) is 6.30. The van der Waals surface area contributed by atoms with E-state index >= 15 is 0 Å². The van der Waals surface area contributed by atoms with Gasteiger partial charge in [-0.25, -0.2) is 8.78 Å². The number of hydrogen-bond acceptors (Lipinski definition) is 4. The predicted octanol–water partition coefficient (Wildman–Crippen LogP) is 3.81. The third-order valence-electron chi connectivity index (χ3n) is 6.53. The number of fused-ring (bicyclic) bond motifs is 5. The maximum absolute atomic E-state index is 14.2. The van der Waals surface area contributed by atoms with E-state index in [0.717, 1.165) is 12.0 Å². The molecule has 1 heterocycles. The summed E-state index contributed by atoms with van der Waals surface area (Å²) in [6.45, 7) is 5.99. The molecule has 0 aliphatic heterocycles. The van der Waals surface area contributed by atoms with Gasteiger partial charge in [0, 0.05) is 5.41 Å². The molecule has 0 spiro atoms. The van der Waals surface area contributed by atoms with E-state index in [1.165, 1.54) is 18.2 Å². The summed E-state index contributed by atoms with van der Waals surface area (Å²) < 4.78 is 34.8. The molecular formula is C21H23F2N3O2. The van der Waals surface area contributed by atoms with Crippen molar-refractivity contribution >= 4 is 5.91 Å². The van der Waals surface area contributed by atoms with Crippen LogP contribution in [0.4, 0.5) is 8.78 Å². The van der Waals surface area contributed by atoms with Crippen LogP contribution < -0.4 is 5.73 Å². The van der Waals surface area contributed by atoms with Gasteiger partial charge < -0.3 is 10.5 Å². The summed E-state index contributed by atoms with van der Waals surface area (Å²) in [5.41, 5.74) is 5.88. The van der Waals surface area contributed by atoms with Crippen LogP contribution in [0.1, 0.15) is 57.2 Å². The van der Waals surface area contributed by atoms with Crippen molar-refractivity contribution in [1.82, 2.24) is 10.2 Å². The topological polar surface area (TPSA) is 78.1 Å². The first-order chi connectivity index (χ1) is 13.2. The van der Waals surface area contributed by atoms with E-state index in [1.807, 2.05) is 6.92 Å². The number of halogens is 2. The minimum atomic E-state index is -0.790. The zero-order valence-corrected chi connectivity index (χ0v) is 16.1. The maximum Gasteiger partial charge on any atom is 0.246 e. The lowest BCUT2D eigenvalue weighted by Crippen LogP contribution is -2.45. The first-order valence-electron chi connectivity index (χ1n) is 9.52. The smallest absolute Gasteiger partial charge is 0.246 e. The van der Waals surface area contributed by atoms with Gasteiger partial charge in [-0.05, 0) is 48.9 Å². The molecule has 1 unspecified atom stereocenters. The summed E-state index contributed by atoms with van der Waals surface area (Å²) in [6, 6.07) is 5.43. The van der Waals surface area contributed by atoms with E-state index in [9.17, 15) is 13.6 Å². The first-order valence-corrected chi connectivity index (χ1v) is 9.52. The maximum atomic E-state index is 14.2. The molecule has 0 saturated heterocycles. The molecule has 7 heteroatoms. The molecule has 2 bridgehead atoms. The minimum Gasteiger partial charge on any atom is -0.367 e. The van der Waals surface area contributed by atoms with Crippen molar-refractivity contribution in [3.05, 3.63) is 47.2 Å². The Balaban J connectivity index is 1.84. The number of amides is 1. The highest BCUT2D eigenvalue weighted by atomic mass is 19.1. The highest BCUT2D eigenvalue weighted by molar-refractivity contribution is 5.78. The van der Waals surface area contributed by atoms with Gasteiger partial charge in [-0.1, -0.05) is 26.8 Å². The van der Waals surface area contributed by atoms with Crippen molar-refractivity contribution < 1.29 is 18.3 Å². The number of benzene rings is 1. The van der Waals surface area contributed by atoms with Crippen molar-refractivity contribution in [3.8, 4) is 11.3 Å². The van der Waals surface area contributed by atoms with E-state index in [0.29, 0.717) is 18.5 Å². The molecule has 1 saturated carbocycles. The molecule has 3 atom stereocenters. The molecule has 2 aromatic rings. The fourth-order valence-electron chi connectivity index (χ4n) is 4.98. The normalized spacial score (nSPS) is 25.5. The number of primary amides is 1. The zero-order valence-electron chi connectivity index (χ0n) is 16.1. The van der Waals surface area contributed by atoms with Crippen LogP contribution in [0.15, 0.2) is 24.3 Å². The summed E-state index contributed by atoms with van der Waals surface area (Å²) in [5, 5.41) is 8.48. The second-order valence-corrected chi connectivity index (χ2v) is 8.19. The minimum absolute atomic E-state index is 0.0944. The van der Waals surface area contributed by atoms with E-state index in [1.54, 1.807) is 6.07 Å². The van der Waals surface area contributed by atoms with Crippen LogP contribution in [0.2, 0.25) is 0 Å². The monoisotopic (exact) mass is 387 g/mol. The van der Waals surface area contributed by atoms with Gasteiger partial charge in [0.1, 0.15) is 23.3 Å². The van der Waals surface area contributed by atoms with E-state index in [4.69, 9.17) is 10.5 Å². The van der Waals surface area contributed by atoms with Crippen LogP contribution in [0.3, 0.4) is 0 Å². The fourth-order valence-corrected chi connectivity index (χ4v) is 4.98. The van der Waals surface area contributed by atoms with Crippen LogP contribution in [0.25, 0.3) is 11.3 Å². The number of nitrogens with two attached hydrogens (primary N) is 1. The third kappa shape index (κ3) is 2.42. The molecule has 0 radical (unpaired) electrons. The average molecular weight is 387 g/mol. The van der Waals surface area contributed by atoms with Gasteiger partial charge in [-0.2, -0.15) is 5.10 Å². The number of rotatable bonds is 5. The quantitative estimate of drug-likeness (QED) is 0.846. The van der Waals surface area contributed by atoms with Crippen molar-refractivity contribution in [2.75, 3.05) is 0 Å². The summed E-state index contributed by atoms with van der Waals surface area (Å²) >= 11 is 0. The van der Waals surface area contributed by atoms with Gasteiger partial charge >= 0.3 is 0 Å². The van der Waals surface area contributed by atoms with Gasteiger partial charge in [0.15, 0.2) is 0 Å². The SMILES string of the molecule is CCC(O[C@@]12CC[C@@H](c3cc(-c4c(F)cccc4F)nnc31)C2(C)C)C(N)=O. The molecule has 2 N–H and O–H groups in total. The molecule has 148 valence electrons. The van der Waals surface area contributed by atoms with Gasteiger partial charge in [0.2, 0.25) is 5.91 Å². The standard InChI is InChI=1S/C21H23F2N3O2/c1-4-16(19(24)27)28-21-9-8-12(20(21,2)3)11-10-15(25-26-18(11)21)17-13(22)6-5-7-14(17)23/h5-7,10,12,16H,4,8-9H2,1-3H3,(H2,24,27)/t12-,16?,21-/m0/s1. The fraction of sp³-hybridized carbons (Fsp3) is 0.476. The molecule has 2 aliphatic rings. The molecule has 5 nitrogen and oxygen atoms in total. The van der Waals surface area contributed by atoms with Crippen LogP contribution in [0.5, 0.6) is 0 Å². The lowest BCUT2D eigenvalue weighted by atomic mass is 9.77. The van der Waals surface area contributed by atoms with Gasteiger partial charge in [0.25, 0.3) is 0 Å². The van der Waals surface area contributed by atoms with Gasteiger partial charge in [-0.15, -0.1) is 5.10 Å². The largest absolute Gasteiger partial charge is 0.367 e. The molecule has 28 heavy (non-hydrogen) atoms. The van der Waals surface area contributed by atoms with E-state index in [2.05, 4.69) is 24.0 Å². The number of aromatic nitrogens is 2. The predicted molar refractivity (Wildman–Crippen MR) is 99.2 cm³/mol.